The van der Waals surface area contributed by atoms with Gasteiger partial charge in [0.25, 0.3) is 0 Å². The zero-order valence-electron chi connectivity index (χ0n) is 36.7. The minimum absolute atomic E-state index is 0. The molecule has 0 saturated heterocycles. The van der Waals surface area contributed by atoms with Gasteiger partial charge >= 0.3 is 347 Å². The second kappa shape index (κ2) is 15.9. The molecule has 0 radical (unpaired) electrons. The Hall–Kier alpha value is -3.35. The summed E-state index contributed by atoms with van der Waals surface area (Å²) in [4.78, 5) is 0. The van der Waals surface area contributed by atoms with Crippen LogP contribution in [0.1, 0.15) is 128 Å². The fraction of sp³-hybridized carbons (Fsp3) is 0.327. The summed E-state index contributed by atoms with van der Waals surface area (Å²) in [6, 6.07) is 40.2. The Kier molecular flexibility index (Phi) is 12.1. The van der Waals surface area contributed by atoms with Gasteiger partial charge in [-0.3, -0.25) is 0 Å². The number of hydrogen-bond donors (Lipinski definition) is 0. The molecule has 0 saturated carbocycles. The number of benzene rings is 6. The van der Waals surface area contributed by atoms with Crippen molar-refractivity contribution in [1.29, 1.82) is 0 Å². The molecule has 0 nitrogen and oxygen atoms in total. The molecule has 3 heteroatoms. The molecule has 0 bridgehead atoms. The molecule has 2 aliphatic rings. The third-order valence-corrected chi connectivity index (χ3v) is 20.2. The standard InChI is InChI=1S/C29H41.C21H14.C5H5.2ClH.Zr/c1-26(2,3)22-14-18-13-19-15-23(27(4,5)6)25(29(10,11)12)17-21(19)20(18)16-24(22)28(7,8)9;1-3-13-20-16(7-1)9-5-11-18(20)15-19-12-6-10-17-8-2-4-14-21(17)19;1-2-4-5-3-1;;;/h14,16-17H,13H2,1-12H3;1-14H;1-5H;2*1H;/q;;;;;+2/p-2. The molecule has 298 valence electrons. The van der Waals surface area contributed by atoms with Crippen LogP contribution in [0.15, 0.2) is 127 Å². The first-order chi connectivity index (χ1) is 26.3. The molecular weight excluding hydrogens is 823 g/mol. The van der Waals surface area contributed by atoms with Gasteiger partial charge < -0.3 is 24.8 Å². The van der Waals surface area contributed by atoms with E-state index < -0.39 is 21.3 Å². The average molecular weight is 883 g/mol. The van der Waals surface area contributed by atoms with Gasteiger partial charge in [0.2, 0.25) is 0 Å². The zero-order valence-corrected chi connectivity index (χ0v) is 40.6. The van der Waals surface area contributed by atoms with Gasteiger partial charge in [-0.2, -0.15) is 0 Å². The summed E-state index contributed by atoms with van der Waals surface area (Å²) in [7, 11) is 0. The normalized spacial score (nSPS) is 13.8. The Morgan fingerprint density at radius 3 is 1.43 bits per heavy atom. The Morgan fingerprint density at radius 2 is 0.948 bits per heavy atom. The minimum atomic E-state index is -3.13. The molecule has 0 fully saturated rings. The summed E-state index contributed by atoms with van der Waals surface area (Å²) in [5.74, 6) is 0. The summed E-state index contributed by atoms with van der Waals surface area (Å²) in [5.41, 5.74) is 14.9. The van der Waals surface area contributed by atoms with Crippen molar-refractivity contribution in [2.75, 3.05) is 0 Å². The van der Waals surface area contributed by atoms with Gasteiger partial charge in [-0.1, -0.05) is 0 Å². The third-order valence-electron chi connectivity index (χ3n) is 12.2. The van der Waals surface area contributed by atoms with Gasteiger partial charge in [-0.25, -0.2) is 0 Å². The number of allylic oxidation sites excluding steroid dienone is 4. The molecule has 6 aromatic rings. The van der Waals surface area contributed by atoms with Gasteiger partial charge in [0.05, 0.1) is 0 Å². The van der Waals surface area contributed by atoms with Crippen LogP contribution in [0.4, 0.5) is 0 Å². The van der Waals surface area contributed by atoms with E-state index in [4.69, 9.17) is 0 Å². The maximum absolute atomic E-state index is 3.13. The predicted octanol–water partition coefficient (Wildman–Crippen LogP) is 8.19. The molecular formula is C55H60Cl2Zr. The topological polar surface area (TPSA) is 0 Å². The second-order valence-corrected chi connectivity index (χ2v) is 26.7. The van der Waals surface area contributed by atoms with Crippen molar-refractivity contribution in [2.45, 2.75) is 115 Å². The molecule has 0 N–H and O–H groups in total. The second-order valence-electron chi connectivity index (χ2n) is 20.6. The Labute approximate surface area is 369 Å². The van der Waals surface area contributed by atoms with Crippen LogP contribution in [0.3, 0.4) is 0 Å². The fourth-order valence-corrected chi connectivity index (χ4v) is 19.2. The molecule has 0 aliphatic heterocycles. The monoisotopic (exact) mass is 880 g/mol. The zero-order chi connectivity index (χ0) is 39.9. The van der Waals surface area contributed by atoms with Crippen LogP contribution >= 0.6 is 0 Å². The van der Waals surface area contributed by atoms with Crippen LogP contribution in [0.5, 0.6) is 0 Å². The van der Waals surface area contributed by atoms with E-state index in [1.54, 1.807) is 17.6 Å². The van der Waals surface area contributed by atoms with Crippen molar-refractivity contribution in [1.82, 2.24) is 0 Å². The predicted molar refractivity (Wildman–Crippen MR) is 242 cm³/mol. The summed E-state index contributed by atoms with van der Waals surface area (Å²) in [6.07, 6.45) is 10.8. The van der Waals surface area contributed by atoms with Crippen molar-refractivity contribution in [2.24, 2.45) is 0 Å². The fourth-order valence-electron chi connectivity index (χ4n) is 9.69. The van der Waals surface area contributed by atoms with Crippen molar-refractivity contribution < 1.29 is 46.1 Å². The molecule has 2 aliphatic carbocycles. The van der Waals surface area contributed by atoms with Crippen molar-refractivity contribution >= 4 is 28.0 Å². The van der Waals surface area contributed by atoms with Gasteiger partial charge in [0.1, 0.15) is 0 Å². The largest absolute Gasteiger partial charge is 1.00 e. The molecule has 0 unspecified atom stereocenters. The molecule has 0 spiro atoms. The van der Waals surface area contributed by atoms with Crippen molar-refractivity contribution in [3.8, 4) is 11.1 Å². The maximum atomic E-state index is 2.66. The molecule has 0 aromatic heterocycles. The Balaban J connectivity index is 0.00000283. The first kappa shape index (κ1) is 44.2. The molecule has 6 aromatic carbocycles. The van der Waals surface area contributed by atoms with Crippen molar-refractivity contribution in [3.05, 3.63) is 172 Å². The SMILES string of the molecule is CC(C)(C)c1cc2c(cc1C(C)(C)C)-c1cc(C(C)(C)C)c(C(C)(C)C)[c]([Zr+2](=[C](c3cccc4ccccc34)c3cccc4ccccc34)[CH]3C=CC=C3)c1C2.[Cl-].[Cl-]. The Bertz CT molecular complexity index is 2540. The Morgan fingerprint density at radius 1 is 0.500 bits per heavy atom. The van der Waals surface area contributed by atoms with Gasteiger partial charge in [0.15, 0.2) is 0 Å². The summed E-state index contributed by atoms with van der Waals surface area (Å²) < 4.78 is 3.72. The van der Waals surface area contributed by atoms with Crippen LogP contribution in [-0.2, 0) is 49.3 Å². The van der Waals surface area contributed by atoms with E-state index in [1.807, 2.05) is 0 Å². The van der Waals surface area contributed by atoms with Crippen LogP contribution in [0, 0.1) is 0 Å². The van der Waals surface area contributed by atoms with E-state index in [9.17, 15) is 0 Å². The smallest absolute Gasteiger partial charge is 1.00 e. The van der Waals surface area contributed by atoms with Gasteiger partial charge in [0, 0.05) is 0 Å². The van der Waals surface area contributed by atoms with Crippen LogP contribution in [0.25, 0.3) is 32.7 Å². The summed E-state index contributed by atoms with van der Waals surface area (Å²) in [6.45, 7) is 29.2. The van der Waals surface area contributed by atoms with Crippen LogP contribution < -0.4 is 28.1 Å². The number of fused-ring (bicyclic) bond motifs is 5. The molecule has 58 heavy (non-hydrogen) atoms. The van der Waals surface area contributed by atoms with E-state index in [-0.39, 0.29) is 46.5 Å². The van der Waals surface area contributed by atoms with Crippen LogP contribution in [0.2, 0.25) is 3.63 Å². The number of rotatable bonds is 4. The van der Waals surface area contributed by atoms with E-state index in [2.05, 4.69) is 211 Å². The first-order valence-corrected chi connectivity index (χ1v) is 24.7. The van der Waals surface area contributed by atoms with Gasteiger partial charge in [-0.05, 0) is 0 Å². The molecule has 8 rings (SSSR count). The van der Waals surface area contributed by atoms with Crippen LogP contribution in [-0.4, -0.2) is 3.21 Å². The first-order valence-electron chi connectivity index (χ1n) is 20.8. The number of halogens is 2. The average Bonchev–Trinajstić information content (AvgIpc) is 3.79. The van der Waals surface area contributed by atoms with E-state index >= 15 is 0 Å². The molecule has 0 atom stereocenters. The van der Waals surface area contributed by atoms with Gasteiger partial charge in [-0.15, -0.1) is 0 Å². The quantitative estimate of drug-likeness (QED) is 0.168. The van der Waals surface area contributed by atoms with E-state index in [1.165, 1.54) is 66.1 Å². The molecule has 0 heterocycles. The summed E-state index contributed by atoms with van der Waals surface area (Å²) >= 11 is -3.13. The molecule has 0 amide bonds. The van der Waals surface area contributed by atoms with E-state index in [0.29, 0.717) is 3.63 Å². The third kappa shape index (κ3) is 7.86. The van der Waals surface area contributed by atoms with Crippen molar-refractivity contribution in [3.63, 3.8) is 0 Å². The summed E-state index contributed by atoms with van der Waals surface area (Å²) in [5, 5.41) is 5.33. The maximum Gasteiger partial charge on any atom is -1.00 e. The number of hydrogen-bond acceptors (Lipinski definition) is 0. The minimum Gasteiger partial charge on any atom is -1.00 e. The van der Waals surface area contributed by atoms with E-state index in [0.717, 1.165) is 6.42 Å².